The van der Waals surface area contributed by atoms with Crippen LogP contribution in [0.25, 0.3) is 0 Å². The summed E-state index contributed by atoms with van der Waals surface area (Å²) < 4.78 is 15.6. The van der Waals surface area contributed by atoms with Crippen LogP contribution < -0.4 is 14.2 Å². The van der Waals surface area contributed by atoms with Crippen molar-refractivity contribution in [3.8, 4) is 17.2 Å². The second kappa shape index (κ2) is 5.45. The van der Waals surface area contributed by atoms with Gasteiger partial charge < -0.3 is 14.2 Å². The van der Waals surface area contributed by atoms with Gasteiger partial charge in [0.1, 0.15) is 5.75 Å². The van der Waals surface area contributed by atoms with Gasteiger partial charge >= 0.3 is 0 Å². The van der Waals surface area contributed by atoms with Crippen molar-refractivity contribution < 1.29 is 14.2 Å². The van der Waals surface area contributed by atoms with E-state index in [1.165, 1.54) is 16.7 Å². The fourth-order valence-corrected chi connectivity index (χ4v) is 2.32. The lowest BCUT2D eigenvalue weighted by molar-refractivity contribution is 0.174. The Hall–Kier alpha value is -2.16. The maximum atomic E-state index is 5.35. The van der Waals surface area contributed by atoms with Gasteiger partial charge in [-0.1, -0.05) is 23.8 Å². The van der Waals surface area contributed by atoms with E-state index in [0.717, 1.165) is 30.3 Å². The summed E-state index contributed by atoms with van der Waals surface area (Å²) in [4.78, 5) is 0. The van der Waals surface area contributed by atoms with Gasteiger partial charge in [-0.15, -0.1) is 0 Å². The average molecular weight is 270 g/mol. The Morgan fingerprint density at radius 1 is 0.750 bits per heavy atom. The van der Waals surface area contributed by atoms with Crippen LogP contribution in [0.1, 0.15) is 16.7 Å². The molecule has 2 aliphatic rings. The Balaban J connectivity index is 0.000000121. The monoisotopic (exact) mass is 270 g/mol. The topological polar surface area (TPSA) is 27.7 Å². The van der Waals surface area contributed by atoms with Crippen molar-refractivity contribution in [3.05, 3.63) is 53.1 Å². The van der Waals surface area contributed by atoms with Gasteiger partial charge in [0, 0.05) is 6.42 Å². The first-order chi connectivity index (χ1) is 9.72. The van der Waals surface area contributed by atoms with Crippen LogP contribution in [-0.4, -0.2) is 13.4 Å². The lowest BCUT2D eigenvalue weighted by atomic mass is 10.1. The Morgan fingerprint density at radius 2 is 1.45 bits per heavy atom. The zero-order valence-electron chi connectivity index (χ0n) is 11.8. The number of hydrogen-bond donors (Lipinski definition) is 0. The van der Waals surface area contributed by atoms with E-state index >= 15 is 0 Å². The van der Waals surface area contributed by atoms with Gasteiger partial charge in [-0.2, -0.15) is 0 Å². The molecule has 0 fully saturated rings. The molecule has 4 rings (SSSR count). The largest absolute Gasteiger partial charge is 0.493 e. The molecule has 2 heterocycles. The molecule has 0 aromatic heterocycles. The first-order valence-corrected chi connectivity index (χ1v) is 6.81. The number of hydrogen-bond acceptors (Lipinski definition) is 3. The molecule has 0 amide bonds. The fraction of sp³-hybridized carbons (Fsp3) is 0.294. The zero-order valence-corrected chi connectivity index (χ0v) is 11.8. The lowest BCUT2D eigenvalue weighted by Crippen LogP contribution is -1.92. The SMILES string of the molecule is Cc1ccc2c(c1)CCO2.Cc1ccc2c(c1)OCO2. The van der Waals surface area contributed by atoms with Gasteiger partial charge in [0.05, 0.1) is 6.61 Å². The molecule has 2 aromatic carbocycles. The highest BCUT2D eigenvalue weighted by molar-refractivity contribution is 5.44. The van der Waals surface area contributed by atoms with Gasteiger partial charge in [-0.3, -0.25) is 0 Å². The molecule has 20 heavy (non-hydrogen) atoms. The molecule has 2 aliphatic heterocycles. The third kappa shape index (κ3) is 2.72. The lowest BCUT2D eigenvalue weighted by Gasteiger charge is -1.97. The minimum atomic E-state index is 0.360. The first-order valence-electron chi connectivity index (χ1n) is 6.81. The van der Waals surface area contributed by atoms with Gasteiger partial charge in [0.25, 0.3) is 0 Å². The minimum Gasteiger partial charge on any atom is -0.493 e. The predicted octanol–water partition coefficient (Wildman–Crippen LogP) is 3.65. The second-order valence-corrected chi connectivity index (χ2v) is 5.07. The van der Waals surface area contributed by atoms with Crippen LogP contribution in [0.15, 0.2) is 36.4 Å². The van der Waals surface area contributed by atoms with Crippen molar-refractivity contribution in [2.24, 2.45) is 0 Å². The molecule has 0 N–H and O–H groups in total. The fourth-order valence-electron chi connectivity index (χ4n) is 2.32. The minimum absolute atomic E-state index is 0.360. The summed E-state index contributed by atoms with van der Waals surface area (Å²) >= 11 is 0. The van der Waals surface area contributed by atoms with Crippen molar-refractivity contribution in [1.29, 1.82) is 0 Å². The summed E-state index contributed by atoms with van der Waals surface area (Å²) in [6, 6.07) is 12.2. The van der Waals surface area contributed by atoms with E-state index in [0.29, 0.717) is 6.79 Å². The van der Waals surface area contributed by atoms with Crippen LogP contribution in [0.4, 0.5) is 0 Å². The maximum Gasteiger partial charge on any atom is 0.231 e. The van der Waals surface area contributed by atoms with Crippen LogP contribution >= 0.6 is 0 Å². The average Bonchev–Trinajstić information content (AvgIpc) is 3.06. The van der Waals surface area contributed by atoms with Crippen LogP contribution in [0.2, 0.25) is 0 Å². The molecule has 3 nitrogen and oxygen atoms in total. The summed E-state index contributed by atoms with van der Waals surface area (Å²) in [6.07, 6.45) is 1.08. The van der Waals surface area contributed by atoms with Crippen LogP contribution in [-0.2, 0) is 6.42 Å². The van der Waals surface area contributed by atoms with E-state index in [1.807, 2.05) is 25.1 Å². The maximum absolute atomic E-state index is 5.35. The molecule has 0 unspecified atom stereocenters. The highest BCUT2D eigenvalue weighted by Crippen LogP contribution is 2.32. The molecule has 0 aliphatic carbocycles. The Kier molecular flexibility index (Phi) is 3.50. The Bertz CT molecular complexity index is 564. The van der Waals surface area contributed by atoms with E-state index in [1.54, 1.807) is 0 Å². The highest BCUT2D eigenvalue weighted by Gasteiger charge is 2.11. The van der Waals surface area contributed by atoms with Gasteiger partial charge in [0.2, 0.25) is 6.79 Å². The number of ether oxygens (including phenoxy) is 3. The molecule has 0 bridgehead atoms. The summed E-state index contributed by atoms with van der Waals surface area (Å²) in [7, 11) is 0. The van der Waals surface area contributed by atoms with Crippen LogP contribution in [0, 0.1) is 13.8 Å². The summed E-state index contributed by atoms with van der Waals surface area (Å²) in [5.74, 6) is 2.79. The van der Waals surface area contributed by atoms with Crippen molar-refractivity contribution in [2.75, 3.05) is 13.4 Å². The van der Waals surface area contributed by atoms with Crippen molar-refractivity contribution >= 4 is 0 Å². The summed E-state index contributed by atoms with van der Waals surface area (Å²) in [5, 5.41) is 0. The summed E-state index contributed by atoms with van der Waals surface area (Å²) in [6.45, 7) is 5.36. The molecule has 104 valence electrons. The summed E-state index contributed by atoms with van der Waals surface area (Å²) in [5.41, 5.74) is 3.88. The normalized spacial score (nSPS) is 14.1. The standard InChI is InChI=1S/C9H10O.C8H8O2/c1-7-2-3-9-8(6-7)4-5-10-9;1-6-2-3-7-8(4-6)10-5-9-7/h2-3,6H,4-5H2,1H3;2-4H,5H2,1H3. The second-order valence-electron chi connectivity index (χ2n) is 5.07. The zero-order chi connectivity index (χ0) is 13.9. The smallest absolute Gasteiger partial charge is 0.231 e. The first kappa shape index (κ1) is 12.9. The van der Waals surface area contributed by atoms with E-state index in [2.05, 4.69) is 25.1 Å². The third-order valence-corrected chi connectivity index (χ3v) is 3.37. The number of aryl methyl sites for hydroxylation is 2. The highest BCUT2D eigenvalue weighted by atomic mass is 16.7. The molecule has 0 atom stereocenters. The van der Waals surface area contributed by atoms with E-state index < -0.39 is 0 Å². The quantitative estimate of drug-likeness (QED) is 0.731. The van der Waals surface area contributed by atoms with E-state index in [-0.39, 0.29) is 0 Å². The Labute approximate surface area is 119 Å². The van der Waals surface area contributed by atoms with Crippen LogP contribution in [0.5, 0.6) is 17.2 Å². The molecule has 0 saturated carbocycles. The molecule has 3 heteroatoms. The van der Waals surface area contributed by atoms with Gasteiger partial charge in [0.15, 0.2) is 11.5 Å². The number of benzene rings is 2. The van der Waals surface area contributed by atoms with Gasteiger partial charge in [-0.25, -0.2) is 0 Å². The molecule has 0 saturated heterocycles. The predicted molar refractivity (Wildman–Crippen MR) is 77.7 cm³/mol. The van der Waals surface area contributed by atoms with Gasteiger partial charge in [-0.05, 0) is 43.2 Å². The van der Waals surface area contributed by atoms with Crippen molar-refractivity contribution in [2.45, 2.75) is 20.3 Å². The van der Waals surface area contributed by atoms with Crippen molar-refractivity contribution in [1.82, 2.24) is 0 Å². The molecule has 0 radical (unpaired) electrons. The molecule has 2 aromatic rings. The van der Waals surface area contributed by atoms with E-state index in [4.69, 9.17) is 14.2 Å². The third-order valence-electron chi connectivity index (χ3n) is 3.37. The van der Waals surface area contributed by atoms with E-state index in [9.17, 15) is 0 Å². The molecular weight excluding hydrogens is 252 g/mol. The number of rotatable bonds is 0. The Morgan fingerprint density at radius 3 is 2.30 bits per heavy atom. The molecular formula is C17H18O3. The number of fused-ring (bicyclic) bond motifs is 2. The van der Waals surface area contributed by atoms with Crippen molar-refractivity contribution in [3.63, 3.8) is 0 Å². The molecule has 0 spiro atoms. The van der Waals surface area contributed by atoms with Crippen LogP contribution in [0.3, 0.4) is 0 Å².